The number of hydrogen-bond donors (Lipinski definition) is 1. The second-order valence-electron chi connectivity index (χ2n) is 6.65. The molecule has 1 aliphatic rings. The van der Waals surface area contributed by atoms with Gasteiger partial charge in [0, 0.05) is 0 Å². The molecule has 2 aromatic rings. The van der Waals surface area contributed by atoms with Crippen molar-refractivity contribution in [3.8, 4) is 0 Å². The highest BCUT2D eigenvalue weighted by molar-refractivity contribution is 7.93. The Hall–Kier alpha value is -2.08. The Labute approximate surface area is 160 Å². The molecule has 2 heterocycles. The zero-order chi connectivity index (χ0) is 20.9. The molecule has 1 aromatic heterocycles. The van der Waals surface area contributed by atoms with Crippen LogP contribution >= 0.6 is 0 Å². The summed E-state index contributed by atoms with van der Waals surface area (Å²) >= 11 is 0. The van der Waals surface area contributed by atoms with Gasteiger partial charge in [0.15, 0.2) is 9.84 Å². The average molecular weight is 437 g/mol. The Bertz CT molecular complexity index is 1120. The molecule has 7 nitrogen and oxygen atoms in total. The molecular formula is C16H18F3N3O4S2. The van der Waals surface area contributed by atoms with Gasteiger partial charge in [0.1, 0.15) is 4.90 Å². The SMILES string of the molecule is Cc1nn(C2CCS(=O)(=O)C2)c(C)c1S(=O)(=O)Nc1ccccc1C(F)(F)F. The van der Waals surface area contributed by atoms with Gasteiger partial charge in [-0.2, -0.15) is 18.3 Å². The number of halogens is 3. The van der Waals surface area contributed by atoms with Crippen LogP contribution in [0.15, 0.2) is 29.2 Å². The molecular weight excluding hydrogens is 419 g/mol. The van der Waals surface area contributed by atoms with Gasteiger partial charge in [-0.15, -0.1) is 0 Å². The van der Waals surface area contributed by atoms with Crippen molar-refractivity contribution in [2.24, 2.45) is 0 Å². The maximum absolute atomic E-state index is 13.2. The highest BCUT2D eigenvalue weighted by Crippen LogP contribution is 2.36. The van der Waals surface area contributed by atoms with Gasteiger partial charge in [0.25, 0.3) is 10.0 Å². The Morgan fingerprint density at radius 1 is 1.21 bits per heavy atom. The van der Waals surface area contributed by atoms with E-state index in [2.05, 4.69) is 5.10 Å². The molecule has 1 fully saturated rings. The first-order valence-electron chi connectivity index (χ1n) is 8.27. The maximum atomic E-state index is 13.2. The van der Waals surface area contributed by atoms with Crippen LogP contribution in [-0.4, -0.2) is 38.1 Å². The van der Waals surface area contributed by atoms with Crippen molar-refractivity contribution in [2.45, 2.75) is 37.4 Å². The molecule has 1 atom stereocenters. The molecule has 1 saturated heterocycles. The number of alkyl halides is 3. The number of sulfone groups is 1. The van der Waals surface area contributed by atoms with Crippen LogP contribution in [-0.2, 0) is 26.0 Å². The van der Waals surface area contributed by atoms with Crippen molar-refractivity contribution in [3.63, 3.8) is 0 Å². The monoisotopic (exact) mass is 437 g/mol. The summed E-state index contributed by atoms with van der Waals surface area (Å²) in [6.45, 7) is 2.87. The molecule has 154 valence electrons. The lowest BCUT2D eigenvalue weighted by molar-refractivity contribution is -0.136. The Kier molecular flexibility index (Phi) is 4.99. The van der Waals surface area contributed by atoms with Crippen LogP contribution in [0.3, 0.4) is 0 Å². The van der Waals surface area contributed by atoms with E-state index in [-0.39, 0.29) is 27.8 Å². The zero-order valence-electron chi connectivity index (χ0n) is 15.0. The molecule has 1 aromatic carbocycles. The molecule has 0 saturated carbocycles. The number of aromatic nitrogens is 2. The topological polar surface area (TPSA) is 98.1 Å². The van der Waals surface area contributed by atoms with Crippen molar-refractivity contribution < 1.29 is 30.0 Å². The summed E-state index contributed by atoms with van der Waals surface area (Å²) in [5, 5.41) is 4.15. The smallest absolute Gasteiger partial charge is 0.279 e. The third-order valence-electron chi connectivity index (χ3n) is 4.56. The number of anilines is 1. The molecule has 0 aliphatic carbocycles. The van der Waals surface area contributed by atoms with Gasteiger partial charge in [-0.3, -0.25) is 9.40 Å². The predicted molar refractivity (Wildman–Crippen MR) is 96.3 cm³/mol. The number of rotatable bonds is 4. The summed E-state index contributed by atoms with van der Waals surface area (Å²) < 4.78 is 91.9. The Morgan fingerprint density at radius 3 is 2.43 bits per heavy atom. The Morgan fingerprint density at radius 2 is 1.86 bits per heavy atom. The van der Waals surface area contributed by atoms with Gasteiger partial charge in [0.2, 0.25) is 0 Å². The lowest BCUT2D eigenvalue weighted by Gasteiger charge is -2.15. The molecule has 0 bridgehead atoms. The fourth-order valence-electron chi connectivity index (χ4n) is 3.38. The van der Waals surface area contributed by atoms with Gasteiger partial charge < -0.3 is 0 Å². The number of benzene rings is 1. The van der Waals surface area contributed by atoms with Crippen molar-refractivity contribution in [2.75, 3.05) is 16.2 Å². The maximum Gasteiger partial charge on any atom is 0.418 e. The third kappa shape index (κ3) is 3.88. The average Bonchev–Trinajstić information content (AvgIpc) is 3.05. The van der Waals surface area contributed by atoms with Crippen LogP contribution in [0.5, 0.6) is 0 Å². The standard InChI is InChI=1S/C16H18F3N3O4S2/c1-10-15(11(2)22(20-10)12-7-8-27(23,24)9-12)28(25,26)21-14-6-4-3-5-13(14)16(17,18)19/h3-6,12,21H,7-9H2,1-2H3. The lowest BCUT2D eigenvalue weighted by Crippen LogP contribution is -2.19. The zero-order valence-corrected chi connectivity index (χ0v) is 16.6. The van der Waals surface area contributed by atoms with Crippen molar-refractivity contribution in [3.05, 3.63) is 41.2 Å². The lowest BCUT2D eigenvalue weighted by atomic mass is 10.2. The van der Waals surface area contributed by atoms with Crippen molar-refractivity contribution in [1.82, 2.24) is 9.78 Å². The first-order valence-corrected chi connectivity index (χ1v) is 11.6. The molecule has 0 spiro atoms. The predicted octanol–water partition coefficient (Wildman–Crippen LogP) is 2.68. The highest BCUT2D eigenvalue weighted by atomic mass is 32.2. The third-order valence-corrected chi connectivity index (χ3v) is 7.93. The minimum atomic E-state index is -4.73. The molecule has 1 unspecified atom stereocenters. The second kappa shape index (κ2) is 6.76. The van der Waals surface area contributed by atoms with Crippen LogP contribution in [0.4, 0.5) is 18.9 Å². The van der Waals surface area contributed by atoms with Crippen molar-refractivity contribution in [1.29, 1.82) is 0 Å². The van der Waals surface area contributed by atoms with E-state index >= 15 is 0 Å². The fraction of sp³-hybridized carbons (Fsp3) is 0.438. The van der Waals surface area contributed by atoms with Gasteiger partial charge in [0.05, 0.1) is 40.2 Å². The molecule has 3 rings (SSSR count). The molecule has 0 radical (unpaired) electrons. The number of hydrogen-bond acceptors (Lipinski definition) is 5. The minimum absolute atomic E-state index is 0.0185. The van der Waals surface area contributed by atoms with Crippen LogP contribution in [0.1, 0.15) is 29.4 Å². The number of sulfonamides is 1. The van der Waals surface area contributed by atoms with Crippen LogP contribution in [0.2, 0.25) is 0 Å². The summed E-state index contributed by atoms with van der Waals surface area (Å²) in [7, 11) is -7.60. The molecule has 1 N–H and O–H groups in total. The van der Waals surface area contributed by atoms with Crippen LogP contribution < -0.4 is 4.72 Å². The van der Waals surface area contributed by atoms with E-state index in [0.29, 0.717) is 6.42 Å². The van der Waals surface area contributed by atoms with E-state index in [0.717, 1.165) is 18.2 Å². The molecule has 12 heteroatoms. The highest BCUT2D eigenvalue weighted by Gasteiger charge is 2.36. The molecule has 0 amide bonds. The first kappa shape index (κ1) is 20.6. The normalized spacial score (nSPS) is 19.7. The summed E-state index contributed by atoms with van der Waals surface area (Å²) in [6, 6.07) is 3.76. The summed E-state index contributed by atoms with van der Waals surface area (Å²) in [6.07, 6.45) is -4.43. The number of nitrogens with zero attached hydrogens (tertiary/aromatic N) is 2. The van der Waals surface area contributed by atoms with E-state index in [1.54, 1.807) is 0 Å². The summed E-state index contributed by atoms with van der Waals surface area (Å²) in [5.41, 5.74) is -1.44. The first-order chi connectivity index (χ1) is 12.8. The summed E-state index contributed by atoms with van der Waals surface area (Å²) in [5.74, 6) is -0.173. The van der Waals surface area contributed by atoms with Crippen molar-refractivity contribution >= 4 is 25.5 Å². The second-order valence-corrected chi connectivity index (χ2v) is 10.5. The van der Waals surface area contributed by atoms with E-state index in [4.69, 9.17) is 0 Å². The largest absolute Gasteiger partial charge is 0.418 e. The number of nitrogens with one attached hydrogen (secondary N) is 1. The number of para-hydroxylation sites is 1. The van der Waals surface area contributed by atoms with E-state index < -0.39 is 43.3 Å². The summed E-state index contributed by atoms with van der Waals surface area (Å²) in [4.78, 5) is -0.256. The molecule has 1 aliphatic heterocycles. The van der Waals surface area contributed by atoms with E-state index in [1.807, 2.05) is 4.72 Å². The quantitative estimate of drug-likeness (QED) is 0.793. The van der Waals surface area contributed by atoms with Gasteiger partial charge >= 0.3 is 6.18 Å². The fourth-order valence-corrected chi connectivity index (χ4v) is 6.55. The van der Waals surface area contributed by atoms with Gasteiger partial charge in [-0.05, 0) is 32.4 Å². The van der Waals surface area contributed by atoms with Crippen LogP contribution in [0, 0.1) is 13.8 Å². The molecule has 28 heavy (non-hydrogen) atoms. The van der Waals surface area contributed by atoms with E-state index in [9.17, 15) is 30.0 Å². The van der Waals surface area contributed by atoms with Gasteiger partial charge in [-0.1, -0.05) is 12.1 Å². The minimum Gasteiger partial charge on any atom is -0.279 e. The van der Waals surface area contributed by atoms with E-state index in [1.165, 1.54) is 24.6 Å². The Balaban J connectivity index is 2.01. The van der Waals surface area contributed by atoms with Crippen LogP contribution in [0.25, 0.3) is 0 Å². The number of aryl methyl sites for hydroxylation is 1. The van der Waals surface area contributed by atoms with Gasteiger partial charge in [-0.25, -0.2) is 16.8 Å².